The summed E-state index contributed by atoms with van der Waals surface area (Å²) in [6, 6.07) is 12.3. The Kier molecular flexibility index (Phi) is 3.57. The van der Waals surface area contributed by atoms with Crippen molar-refractivity contribution in [1.82, 2.24) is 0 Å². The summed E-state index contributed by atoms with van der Waals surface area (Å²) in [4.78, 5) is 2.37. The van der Waals surface area contributed by atoms with Crippen molar-refractivity contribution in [3.63, 3.8) is 0 Å². The topological polar surface area (TPSA) is 38.5 Å². The van der Waals surface area contributed by atoms with Crippen LogP contribution in [0.1, 0.15) is 11.1 Å². The number of ether oxygens (including phenoxy) is 1. The summed E-state index contributed by atoms with van der Waals surface area (Å²) in [6.45, 7) is 1.87. The molecule has 0 aromatic heterocycles. The third-order valence-electron chi connectivity index (χ3n) is 3.70. The first kappa shape index (κ1) is 13.3. The molecule has 0 fully saturated rings. The van der Waals surface area contributed by atoms with E-state index in [1.54, 1.807) is 7.11 Å². The van der Waals surface area contributed by atoms with Crippen LogP contribution >= 0.6 is 15.9 Å². The Morgan fingerprint density at radius 1 is 1.25 bits per heavy atom. The minimum absolute atomic E-state index is 0.839. The Balaban J connectivity index is 1.89. The average Bonchev–Trinajstić information content (AvgIpc) is 2.81. The summed E-state index contributed by atoms with van der Waals surface area (Å²) < 4.78 is 6.52. The molecule has 3 rings (SSSR count). The van der Waals surface area contributed by atoms with Crippen LogP contribution in [0.15, 0.2) is 40.9 Å². The van der Waals surface area contributed by atoms with Crippen LogP contribution in [0.25, 0.3) is 0 Å². The maximum absolute atomic E-state index is 5.85. The monoisotopic (exact) mass is 332 g/mol. The number of fused-ring (bicyclic) bond motifs is 1. The molecule has 2 N–H and O–H groups in total. The second-order valence-electron chi connectivity index (χ2n) is 5.02. The number of halogens is 1. The number of nitrogens with two attached hydrogens (primary N) is 1. The van der Waals surface area contributed by atoms with Crippen LogP contribution < -0.4 is 15.4 Å². The zero-order valence-electron chi connectivity index (χ0n) is 11.4. The molecule has 0 bridgehead atoms. The Bertz CT molecular complexity index is 642. The second kappa shape index (κ2) is 5.37. The highest BCUT2D eigenvalue weighted by atomic mass is 79.9. The van der Waals surface area contributed by atoms with Crippen LogP contribution in [-0.2, 0) is 13.0 Å². The summed E-state index contributed by atoms with van der Waals surface area (Å²) in [5.41, 5.74) is 10.5. The summed E-state index contributed by atoms with van der Waals surface area (Å²) in [6.07, 6.45) is 1.05. The molecule has 2 aromatic rings. The molecular weight excluding hydrogens is 316 g/mol. The van der Waals surface area contributed by atoms with Gasteiger partial charge < -0.3 is 15.4 Å². The molecule has 0 amide bonds. The molecule has 0 saturated heterocycles. The van der Waals surface area contributed by atoms with Crippen molar-refractivity contribution in [2.24, 2.45) is 0 Å². The quantitative estimate of drug-likeness (QED) is 0.872. The van der Waals surface area contributed by atoms with Gasteiger partial charge in [-0.05, 0) is 48.4 Å². The fourth-order valence-corrected chi connectivity index (χ4v) is 3.14. The van der Waals surface area contributed by atoms with Gasteiger partial charge in [-0.1, -0.05) is 15.9 Å². The van der Waals surface area contributed by atoms with E-state index in [0.29, 0.717) is 0 Å². The van der Waals surface area contributed by atoms with Crippen molar-refractivity contribution in [3.8, 4) is 5.75 Å². The molecule has 3 nitrogen and oxygen atoms in total. The zero-order chi connectivity index (χ0) is 14.1. The third-order valence-corrected chi connectivity index (χ3v) is 4.19. The molecule has 0 unspecified atom stereocenters. The molecular formula is C16H17BrN2O. The molecule has 0 aliphatic carbocycles. The lowest BCUT2D eigenvalue weighted by molar-refractivity contribution is 0.409. The number of methoxy groups -OCH3 is 1. The molecule has 0 atom stereocenters. The van der Waals surface area contributed by atoms with Crippen molar-refractivity contribution < 1.29 is 4.74 Å². The van der Waals surface area contributed by atoms with Gasteiger partial charge in [0, 0.05) is 34.5 Å². The van der Waals surface area contributed by atoms with Gasteiger partial charge in [-0.25, -0.2) is 0 Å². The van der Waals surface area contributed by atoms with Gasteiger partial charge in [0.05, 0.1) is 7.11 Å². The molecule has 1 aliphatic heterocycles. The lowest BCUT2D eigenvalue weighted by atomic mass is 10.1. The fraction of sp³-hybridized carbons (Fsp3) is 0.250. The number of nitrogens with zero attached hydrogens (tertiary/aromatic N) is 1. The van der Waals surface area contributed by atoms with E-state index in [2.05, 4.69) is 39.0 Å². The van der Waals surface area contributed by atoms with Gasteiger partial charge in [0.15, 0.2) is 0 Å². The first-order chi connectivity index (χ1) is 9.67. The van der Waals surface area contributed by atoms with Gasteiger partial charge in [-0.2, -0.15) is 0 Å². The molecule has 1 aliphatic rings. The lowest BCUT2D eigenvalue weighted by Crippen LogP contribution is -2.20. The Morgan fingerprint density at radius 3 is 2.90 bits per heavy atom. The molecule has 1 heterocycles. The number of hydrogen-bond donors (Lipinski definition) is 1. The fourth-order valence-electron chi connectivity index (χ4n) is 2.73. The first-order valence-corrected chi connectivity index (χ1v) is 7.42. The van der Waals surface area contributed by atoms with E-state index >= 15 is 0 Å². The second-order valence-corrected chi connectivity index (χ2v) is 5.93. The lowest BCUT2D eigenvalue weighted by Gasteiger charge is -2.21. The molecule has 0 spiro atoms. The highest BCUT2D eigenvalue weighted by molar-refractivity contribution is 9.10. The average molecular weight is 333 g/mol. The van der Waals surface area contributed by atoms with E-state index in [1.807, 2.05) is 18.2 Å². The van der Waals surface area contributed by atoms with E-state index in [9.17, 15) is 0 Å². The predicted molar refractivity (Wildman–Crippen MR) is 86.3 cm³/mol. The maximum Gasteiger partial charge on any atom is 0.123 e. The molecule has 0 radical (unpaired) electrons. The molecule has 20 heavy (non-hydrogen) atoms. The normalized spacial score (nSPS) is 13.4. The highest BCUT2D eigenvalue weighted by Crippen LogP contribution is 2.33. The first-order valence-electron chi connectivity index (χ1n) is 6.63. The smallest absolute Gasteiger partial charge is 0.123 e. The molecule has 2 aromatic carbocycles. The SMILES string of the molecule is COc1ccc(Br)cc1CN1CCc2cc(N)ccc21. The number of rotatable bonds is 3. The van der Waals surface area contributed by atoms with Crippen molar-refractivity contribution >= 4 is 27.3 Å². The van der Waals surface area contributed by atoms with Crippen LogP contribution in [0.2, 0.25) is 0 Å². The zero-order valence-corrected chi connectivity index (χ0v) is 13.0. The minimum atomic E-state index is 0.839. The van der Waals surface area contributed by atoms with Crippen molar-refractivity contribution in [2.45, 2.75) is 13.0 Å². The molecule has 0 saturated carbocycles. The number of benzene rings is 2. The van der Waals surface area contributed by atoms with Gasteiger partial charge in [-0.3, -0.25) is 0 Å². The Morgan fingerprint density at radius 2 is 2.10 bits per heavy atom. The van der Waals surface area contributed by atoms with Gasteiger partial charge in [-0.15, -0.1) is 0 Å². The van der Waals surface area contributed by atoms with E-state index in [0.717, 1.165) is 35.4 Å². The van der Waals surface area contributed by atoms with E-state index < -0.39 is 0 Å². The van der Waals surface area contributed by atoms with Gasteiger partial charge in [0.1, 0.15) is 5.75 Å². The Labute approximate surface area is 127 Å². The van der Waals surface area contributed by atoms with Crippen LogP contribution in [-0.4, -0.2) is 13.7 Å². The van der Waals surface area contributed by atoms with Crippen LogP contribution in [0.4, 0.5) is 11.4 Å². The summed E-state index contributed by atoms with van der Waals surface area (Å²) in [5.74, 6) is 0.928. The van der Waals surface area contributed by atoms with E-state index in [1.165, 1.54) is 16.8 Å². The maximum atomic E-state index is 5.85. The van der Waals surface area contributed by atoms with Gasteiger partial charge in [0.25, 0.3) is 0 Å². The number of nitrogen functional groups attached to an aromatic ring is 1. The molecule has 104 valence electrons. The van der Waals surface area contributed by atoms with Crippen LogP contribution in [0.3, 0.4) is 0 Å². The molecule has 4 heteroatoms. The largest absolute Gasteiger partial charge is 0.496 e. The van der Waals surface area contributed by atoms with E-state index in [4.69, 9.17) is 10.5 Å². The highest BCUT2D eigenvalue weighted by Gasteiger charge is 2.20. The van der Waals surface area contributed by atoms with Gasteiger partial charge >= 0.3 is 0 Å². The van der Waals surface area contributed by atoms with Crippen molar-refractivity contribution in [3.05, 3.63) is 52.0 Å². The van der Waals surface area contributed by atoms with Gasteiger partial charge in [0.2, 0.25) is 0 Å². The standard InChI is InChI=1S/C16H17BrN2O/c1-20-16-5-2-13(17)8-12(16)10-19-7-6-11-9-14(18)3-4-15(11)19/h2-5,8-9H,6-7,10,18H2,1H3. The van der Waals surface area contributed by atoms with Crippen molar-refractivity contribution in [1.29, 1.82) is 0 Å². The summed E-state index contributed by atoms with van der Waals surface area (Å²) in [7, 11) is 1.71. The minimum Gasteiger partial charge on any atom is -0.496 e. The predicted octanol–water partition coefficient (Wildman–Crippen LogP) is 3.60. The van der Waals surface area contributed by atoms with Crippen LogP contribution in [0, 0.1) is 0 Å². The Hall–Kier alpha value is -1.68. The van der Waals surface area contributed by atoms with Crippen molar-refractivity contribution in [2.75, 3.05) is 24.3 Å². The summed E-state index contributed by atoms with van der Waals surface area (Å²) in [5, 5.41) is 0. The number of anilines is 2. The van der Waals surface area contributed by atoms with Crippen LogP contribution in [0.5, 0.6) is 5.75 Å². The summed E-state index contributed by atoms with van der Waals surface area (Å²) >= 11 is 3.53. The number of hydrogen-bond acceptors (Lipinski definition) is 3. The van der Waals surface area contributed by atoms with E-state index in [-0.39, 0.29) is 0 Å². The third kappa shape index (κ3) is 2.48.